The highest BCUT2D eigenvalue weighted by Crippen LogP contribution is 2.23. The summed E-state index contributed by atoms with van der Waals surface area (Å²) in [5.41, 5.74) is 5.60. The predicted molar refractivity (Wildman–Crippen MR) is 82.4 cm³/mol. The van der Waals surface area contributed by atoms with Crippen molar-refractivity contribution in [2.45, 2.75) is 32.7 Å². The van der Waals surface area contributed by atoms with Crippen molar-refractivity contribution in [2.24, 2.45) is 0 Å². The first-order valence-electron chi connectivity index (χ1n) is 6.02. The molecule has 7 heteroatoms. The lowest BCUT2D eigenvalue weighted by Gasteiger charge is -2.13. The first-order chi connectivity index (χ1) is 9.02. The summed E-state index contributed by atoms with van der Waals surface area (Å²) in [6.07, 6.45) is 2.04. The lowest BCUT2D eigenvalue weighted by Crippen LogP contribution is -2.19. The first kappa shape index (κ1) is 14.2. The van der Waals surface area contributed by atoms with Crippen molar-refractivity contribution in [3.05, 3.63) is 26.6 Å². The lowest BCUT2D eigenvalue weighted by atomic mass is 10.1. The van der Waals surface area contributed by atoms with E-state index in [-0.39, 0.29) is 12.0 Å². The summed E-state index contributed by atoms with van der Waals surface area (Å²) in [7, 11) is 0. The molecule has 2 heterocycles. The van der Waals surface area contributed by atoms with E-state index < -0.39 is 0 Å². The second-order valence-corrected chi connectivity index (χ2v) is 6.90. The topological polar surface area (TPSA) is 76.7 Å². The molecule has 19 heavy (non-hydrogen) atoms. The average molecular weight is 342 g/mol. The Morgan fingerprint density at radius 1 is 1.37 bits per heavy atom. The van der Waals surface area contributed by atoms with Crippen molar-refractivity contribution in [1.82, 2.24) is 15.0 Å². The predicted octanol–water partition coefficient (Wildman–Crippen LogP) is 3.02. The molecule has 0 saturated heterocycles. The van der Waals surface area contributed by atoms with Gasteiger partial charge in [0.25, 0.3) is 0 Å². The maximum Gasteiger partial charge on any atom is 0.227 e. The molecular weight excluding hydrogens is 326 g/mol. The normalized spacial score (nSPS) is 12.4. The van der Waals surface area contributed by atoms with E-state index in [0.717, 1.165) is 12.8 Å². The summed E-state index contributed by atoms with van der Waals surface area (Å²) in [5.74, 6) is 1.43. The Balaban J connectivity index is 1.88. The number of halogens is 1. The minimum absolute atomic E-state index is 0.254. The molecular formula is C12H16BrN5S. The number of nitrogen functional groups attached to an aromatic ring is 1. The molecule has 0 aliphatic heterocycles. The summed E-state index contributed by atoms with van der Waals surface area (Å²) in [5, 5.41) is 3.25. The van der Waals surface area contributed by atoms with Gasteiger partial charge in [0.2, 0.25) is 11.9 Å². The summed E-state index contributed by atoms with van der Waals surface area (Å²) < 4.78 is 1.17. The fourth-order valence-corrected chi connectivity index (χ4v) is 3.20. The molecule has 0 spiro atoms. The number of hydrogen-bond acceptors (Lipinski definition) is 6. The largest absolute Gasteiger partial charge is 0.368 e. The maximum atomic E-state index is 5.60. The Kier molecular flexibility index (Phi) is 4.71. The van der Waals surface area contributed by atoms with Gasteiger partial charge in [-0.1, -0.05) is 0 Å². The van der Waals surface area contributed by atoms with Gasteiger partial charge in [0.1, 0.15) is 5.82 Å². The van der Waals surface area contributed by atoms with Crippen molar-refractivity contribution in [2.75, 3.05) is 11.1 Å². The van der Waals surface area contributed by atoms with Crippen molar-refractivity contribution in [1.29, 1.82) is 0 Å². The van der Waals surface area contributed by atoms with Crippen LogP contribution in [0, 0.1) is 6.92 Å². The number of rotatable bonds is 5. The zero-order valence-electron chi connectivity index (χ0n) is 10.9. The van der Waals surface area contributed by atoms with E-state index in [0.29, 0.717) is 11.8 Å². The summed E-state index contributed by atoms with van der Waals surface area (Å²) in [4.78, 5) is 13.6. The van der Waals surface area contributed by atoms with Crippen LogP contribution in [0.15, 0.2) is 15.9 Å². The standard InChI is InChI=1S/C12H16BrN5S/c1-7(3-4-9-5-6-10(13)19-9)15-12-17-8(2)16-11(14)18-12/h5-7H,3-4H2,1-2H3,(H3,14,15,16,17,18). The van der Waals surface area contributed by atoms with E-state index >= 15 is 0 Å². The molecule has 0 aromatic carbocycles. The molecule has 0 fully saturated rings. The highest BCUT2D eigenvalue weighted by atomic mass is 79.9. The number of aryl methyl sites for hydroxylation is 2. The van der Waals surface area contributed by atoms with E-state index in [1.807, 2.05) is 0 Å². The van der Waals surface area contributed by atoms with E-state index in [1.54, 1.807) is 18.3 Å². The molecule has 0 saturated carbocycles. The Morgan fingerprint density at radius 2 is 2.16 bits per heavy atom. The number of anilines is 2. The number of aromatic nitrogens is 3. The second-order valence-electron chi connectivity index (χ2n) is 4.35. The van der Waals surface area contributed by atoms with Crippen molar-refractivity contribution >= 4 is 39.2 Å². The number of thiophene rings is 1. The van der Waals surface area contributed by atoms with E-state index in [9.17, 15) is 0 Å². The zero-order valence-corrected chi connectivity index (χ0v) is 13.3. The van der Waals surface area contributed by atoms with Crippen LogP contribution in [-0.4, -0.2) is 21.0 Å². The fraction of sp³-hybridized carbons (Fsp3) is 0.417. The van der Waals surface area contributed by atoms with E-state index in [2.05, 4.69) is 55.3 Å². The average Bonchev–Trinajstić information content (AvgIpc) is 2.71. The van der Waals surface area contributed by atoms with Gasteiger partial charge in [-0.3, -0.25) is 0 Å². The Labute approximate surface area is 124 Å². The van der Waals surface area contributed by atoms with Crippen LogP contribution in [-0.2, 0) is 6.42 Å². The second kappa shape index (κ2) is 6.29. The van der Waals surface area contributed by atoms with Gasteiger partial charge in [0, 0.05) is 10.9 Å². The molecule has 2 aromatic heterocycles. The van der Waals surface area contributed by atoms with Crippen LogP contribution < -0.4 is 11.1 Å². The van der Waals surface area contributed by atoms with Crippen LogP contribution in [0.5, 0.6) is 0 Å². The van der Waals surface area contributed by atoms with Gasteiger partial charge in [-0.2, -0.15) is 15.0 Å². The first-order valence-corrected chi connectivity index (χ1v) is 7.63. The fourth-order valence-electron chi connectivity index (χ4n) is 1.70. The minimum Gasteiger partial charge on any atom is -0.368 e. The van der Waals surface area contributed by atoms with Crippen LogP contribution in [0.3, 0.4) is 0 Å². The third kappa shape index (κ3) is 4.43. The van der Waals surface area contributed by atoms with Crippen LogP contribution in [0.25, 0.3) is 0 Å². The highest BCUT2D eigenvalue weighted by molar-refractivity contribution is 9.11. The van der Waals surface area contributed by atoms with Gasteiger partial charge >= 0.3 is 0 Å². The van der Waals surface area contributed by atoms with Gasteiger partial charge in [0.05, 0.1) is 3.79 Å². The molecule has 0 aliphatic rings. The van der Waals surface area contributed by atoms with E-state index in [4.69, 9.17) is 5.73 Å². The molecule has 1 atom stereocenters. The molecule has 3 N–H and O–H groups in total. The number of nitrogens with two attached hydrogens (primary N) is 1. The van der Waals surface area contributed by atoms with Gasteiger partial charge in [-0.15, -0.1) is 11.3 Å². The number of hydrogen-bond donors (Lipinski definition) is 2. The van der Waals surface area contributed by atoms with Crippen molar-refractivity contribution in [3.8, 4) is 0 Å². The van der Waals surface area contributed by atoms with Gasteiger partial charge in [-0.25, -0.2) is 0 Å². The maximum absolute atomic E-state index is 5.60. The summed E-state index contributed by atoms with van der Waals surface area (Å²) in [6.45, 7) is 3.91. The SMILES string of the molecule is Cc1nc(N)nc(NC(C)CCc2ccc(Br)s2)n1. The Morgan fingerprint density at radius 3 is 2.79 bits per heavy atom. The molecule has 102 valence electrons. The Hall–Kier alpha value is -1.21. The number of nitrogens with zero attached hydrogens (tertiary/aromatic N) is 3. The number of nitrogens with one attached hydrogen (secondary N) is 1. The smallest absolute Gasteiger partial charge is 0.227 e. The minimum atomic E-state index is 0.254. The van der Waals surface area contributed by atoms with Crippen LogP contribution in [0.2, 0.25) is 0 Å². The van der Waals surface area contributed by atoms with Gasteiger partial charge in [-0.05, 0) is 54.8 Å². The van der Waals surface area contributed by atoms with E-state index in [1.165, 1.54) is 8.66 Å². The lowest BCUT2D eigenvalue weighted by molar-refractivity contribution is 0.702. The molecule has 2 aromatic rings. The van der Waals surface area contributed by atoms with Crippen LogP contribution >= 0.6 is 27.3 Å². The zero-order chi connectivity index (χ0) is 13.8. The molecule has 0 aliphatic carbocycles. The van der Waals surface area contributed by atoms with Crippen LogP contribution in [0.1, 0.15) is 24.0 Å². The third-order valence-corrected chi connectivity index (χ3v) is 4.28. The molecule has 2 rings (SSSR count). The monoisotopic (exact) mass is 341 g/mol. The molecule has 1 unspecified atom stereocenters. The Bertz CT molecular complexity index is 537. The van der Waals surface area contributed by atoms with Crippen molar-refractivity contribution in [3.63, 3.8) is 0 Å². The third-order valence-electron chi connectivity index (χ3n) is 2.59. The quantitative estimate of drug-likeness (QED) is 0.873. The van der Waals surface area contributed by atoms with Crippen molar-refractivity contribution < 1.29 is 0 Å². The summed E-state index contributed by atoms with van der Waals surface area (Å²) >= 11 is 5.24. The summed E-state index contributed by atoms with van der Waals surface area (Å²) in [6, 6.07) is 4.50. The molecule has 0 radical (unpaired) electrons. The van der Waals surface area contributed by atoms with Gasteiger partial charge < -0.3 is 11.1 Å². The highest BCUT2D eigenvalue weighted by Gasteiger charge is 2.07. The molecule has 5 nitrogen and oxygen atoms in total. The van der Waals surface area contributed by atoms with Crippen LogP contribution in [0.4, 0.5) is 11.9 Å². The molecule has 0 amide bonds. The van der Waals surface area contributed by atoms with Gasteiger partial charge in [0.15, 0.2) is 0 Å². The molecule has 0 bridgehead atoms.